The summed E-state index contributed by atoms with van der Waals surface area (Å²) in [5.41, 5.74) is 2.68. The molecule has 3 aromatic rings. The van der Waals surface area contributed by atoms with Crippen molar-refractivity contribution in [2.75, 3.05) is 6.54 Å². The third-order valence-electron chi connectivity index (χ3n) is 6.61. The van der Waals surface area contributed by atoms with Gasteiger partial charge in [-0.3, -0.25) is 14.3 Å². The van der Waals surface area contributed by atoms with Gasteiger partial charge in [0.15, 0.2) is 5.69 Å². The number of aryl methyl sites for hydroxylation is 2. The Morgan fingerprint density at radius 1 is 1.16 bits per heavy atom. The number of piperidine rings is 1. The molecule has 1 aromatic carbocycles. The second-order valence-corrected chi connectivity index (χ2v) is 9.00. The minimum Gasteiger partial charge on any atom is -0.361 e. The first-order valence-electron chi connectivity index (χ1n) is 11.7. The second-order valence-electron chi connectivity index (χ2n) is 9.00. The van der Waals surface area contributed by atoms with Crippen molar-refractivity contribution in [1.29, 1.82) is 0 Å². The molecule has 0 bridgehead atoms. The van der Waals surface area contributed by atoms with Gasteiger partial charge < -0.3 is 15.2 Å². The largest absolute Gasteiger partial charge is 0.361 e. The molecular formula is C24H30N6O2. The van der Waals surface area contributed by atoms with Crippen LogP contribution < -0.4 is 5.32 Å². The second kappa shape index (κ2) is 9.14. The van der Waals surface area contributed by atoms with E-state index in [9.17, 15) is 9.59 Å². The summed E-state index contributed by atoms with van der Waals surface area (Å²) in [6, 6.07) is 8.74. The molecule has 1 aliphatic carbocycles. The van der Waals surface area contributed by atoms with Crippen LogP contribution in [0.3, 0.4) is 0 Å². The Kier molecular flexibility index (Phi) is 5.92. The number of rotatable bonds is 8. The fourth-order valence-corrected chi connectivity index (χ4v) is 4.63. The third-order valence-corrected chi connectivity index (χ3v) is 6.61. The maximum Gasteiger partial charge on any atom is 0.273 e. The summed E-state index contributed by atoms with van der Waals surface area (Å²) in [6.45, 7) is 1.48. The lowest BCUT2D eigenvalue weighted by molar-refractivity contribution is -0.135. The van der Waals surface area contributed by atoms with E-state index >= 15 is 0 Å². The van der Waals surface area contributed by atoms with E-state index in [1.807, 2.05) is 18.3 Å². The number of aromatic nitrogens is 4. The van der Waals surface area contributed by atoms with Crippen LogP contribution in [0.15, 0.2) is 36.7 Å². The Hall–Kier alpha value is -3.16. The summed E-state index contributed by atoms with van der Waals surface area (Å²) >= 11 is 0. The molecule has 0 radical (unpaired) electrons. The number of hydrogen-bond donors (Lipinski definition) is 2. The lowest BCUT2D eigenvalue weighted by Gasteiger charge is -2.36. The highest BCUT2D eigenvalue weighted by Crippen LogP contribution is 2.24. The van der Waals surface area contributed by atoms with Crippen LogP contribution in [0.1, 0.15) is 61.0 Å². The monoisotopic (exact) mass is 434 g/mol. The number of carbonyl (C=O) groups excluding carboxylic acids is 2. The van der Waals surface area contributed by atoms with Gasteiger partial charge in [-0.2, -0.15) is 0 Å². The Balaban J connectivity index is 1.16. The summed E-state index contributed by atoms with van der Waals surface area (Å²) in [5, 5.41) is 12.3. The van der Waals surface area contributed by atoms with Crippen molar-refractivity contribution in [2.24, 2.45) is 0 Å². The van der Waals surface area contributed by atoms with E-state index in [0.29, 0.717) is 24.7 Å². The van der Waals surface area contributed by atoms with Crippen molar-refractivity contribution in [3.8, 4) is 0 Å². The Morgan fingerprint density at radius 3 is 2.91 bits per heavy atom. The van der Waals surface area contributed by atoms with Crippen molar-refractivity contribution >= 4 is 22.7 Å². The molecular weight excluding hydrogens is 404 g/mol. The topological polar surface area (TPSA) is 95.9 Å². The number of likely N-dealkylation sites (tertiary alicyclic amines) is 1. The molecule has 5 rings (SSSR count). The van der Waals surface area contributed by atoms with Gasteiger partial charge in [-0.25, -0.2) is 0 Å². The Bertz CT molecular complexity index is 1100. The first-order chi connectivity index (χ1) is 15.7. The summed E-state index contributed by atoms with van der Waals surface area (Å²) in [6.07, 6.45) is 11.1. The Morgan fingerprint density at radius 2 is 2.03 bits per heavy atom. The Labute approximate surface area is 187 Å². The number of para-hydroxylation sites is 1. The molecule has 2 N–H and O–H groups in total. The molecule has 2 aromatic heterocycles. The number of amides is 2. The van der Waals surface area contributed by atoms with E-state index < -0.39 is 0 Å². The molecule has 1 atom stereocenters. The molecule has 3 heterocycles. The van der Waals surface area contributed by atoms with Crippen LogP contribution in [-0.4, -0.2) is 55.3 Å². The molecule has 1 saturated carbocycles. The average Bonchev–Trinajstić information content (AvgIpc) is 3.34. The maximum atomic E-state index is 13.1. The van der Waals surface area contributed by atoms with Crippen molar-refractivity contribution in [3.05, 3.63) is 47.9 Å². The van der Waals surface area contributed by atoms with Crippen LogP contribution >= 0.6 is 0 Å². The highest BCUT2D eigenvalue weighted by Gasteiger charge is 2.27. The summed E-state index contributed by atoms with van der Waals surface area (Å²) in [4.78, 5) is 30.6. The number of nitrogens with one attached hydrogen (secondary N) is 2. The molecule has 168 valence electrons. The van der Waals surface area contributed by atoms with Gasteiger partial charge >= 0.3 is 0 Å². The molecule has 0 unspecified atom stereocenters. The number of fused-ring (bicyclic) bond motifs is 1. The van der Waals surface area contributed by atoms with Crippen molar-refractivity contribution < 1.29 is 9.59 Å². The normalized spacial score (nSPS) is 18.8. The van der Waals surface area contributed by atoms with E-state index in [2.05, 4.69) is 37.6 Å². The molecule has 0 spiro atoms. The standard InChI is InChI=1S/C24H30N6O2/c31-23(11-8-17-15-25-21-7-2-1-6-20(17)21)30-13-4-3-5-19(30)12-14-29-16-22(27-28-29)24(32)26-18-9-10-18/h1-2,6-7,15-16,18-19,25H,3-5,8-14H2,(H,26,32)/t19-/m0/s1. The molecule has 8 heteroatoms. The smallest absolute Gasteiger partial charge is 0.273 e. The molecule has 1 saturated heterocycles. The zero-order chi connectivity index (χ0) is 21.9. The fraction of sp³-hybridized carbons (Fsp3) is 0.500. The predicted octanol–water partition coefficient (Wildman–Crippen LogP) is 3.06. The molecule has 1 aliphatic heterocycles. The van der Waals surface area contributed by atoms with Gasteiger partial charge in [-0.05, 0) is 56.6 Å². The van der Waals surface area contributed by atoms with Crippen LogP contribution in [-0.2, 0) is 17.8 Å². The number of H-pyrrole nitrogens is 1. The van der Waals surface area contributed by atoms with E-state index in [1.165, 1.54) is 10.9 Å². The average molecular weight is 435 g/mol. The lowest BCUT2D eigenvalue weighted by Crippen LogP contribution is -2.44. The maximum absolute atomic E-state index is 13.1. The number of carbonyl (C=O) groups is 2. The third kappa shape index (κ3) is 4.69. The van der Waals surface area contributed by atoms with Gasteiger partial charge in [0.05, 0.1) is 6.20 Å². The minimum absolute atomic E-state index is 0.148. The first-order valence-corrected chi connectivity index (χ1v) is 11.7. The van der Waals surface area contributed by atoms with Gasteiger partial charge in [0.25, 0.3) is 5.91 Å². The summed E-state index contributed by atoms with van der Waals surface area (Å²) in [7, 11) is 0. The highest BCUT2D eigenvalue weighted by molar-refractivity contribution is 5.92. The molecule has 2 aliphatic rings. The van der Waals surface area contributed by atoms with Gasteiger partial charge in [0, 0.05) is 48.7 Å². The molecule has 32 heavy (non-hydrogen) atoms. The number of benzene rings is 1. The lowest BCUT2D eigenvalue weighted by atomic mass is 9.98. The molecule has 2 fully saturated rings. The summed E-state index contributed by atoms with van der Waals surface area (Å²) in [5.74, 6) is 0.0774. The van der Waals surface area contributed by atoms with Crippen molar-refractivity contribution in [2.45, 2.75) is 70.0 Å². The fourth-order valence-electron chi connectivity index (χ4n) is 4.63. The van der Waals surface area contributed by atoms with E-state index in [1.54, 1.807) is 10.9 Å². The molecule has 2 amide bonds. The van der Waals surface area contributed by atoms with Crippen LogP contribution in [0.4, 0.5) is 0 Å². The summed E-state index contributed by atoms with van der Waals surface area (Å²) < 4.78 is 1.73. The van der Waals surface area contributed by atoms with Gasteiger partial charge in [0.2, 0.25) is 5.91 Å². The number of aromatic amines is 1. The zero-order valence-electron chi connectivity index (χ0n) is 18.3. The van der Waals surface area contributed by atoms with Crippen LogP contribution in [0.5, 0.6) is 0 Å². The number of nitrogens with zero attached hydrogens (tertiary/aromatic N) is 4. The van der Waals surface area contributed by atoms with Crippen molar-refractivity contribution in [3.63, 3.8) is 0 Å². The molecule has 8 nitrogen and oxygen atoms in total. The minimum atomic E-state index is -0.148. The van der Waals surface area contributed by atoms with Gasteiger partial charge in [0.1, 0.15) is 0 Å². The van der Waals surface area contributed by atoms with Gasteiger partial charge in [-0.1, -0.05) is 23.4 Å². The van der Waals surface area contributed by atoms with E-state index in [-0.39, 0.29) is 17.9 Å². The highest BCUT2D eigenvalue weighted by atomic mass is 16.2. The van der Waals surface area contributed by atoms with E-state index in [4.69, 9.17) is 0 Å². The quantitative estimate of drug-likeness (QED) is 0.570. The van der Waals surface area contributed by atoms with Crippen LogP contribution in [0.2, 0.25) is 0 Å². The van der Waals surface area contributed by atoms with Crippen molar-refractivity contribution in [1.82, 2.24) is 30.2 Å². The SMILES string of the molecule is O=C(NC1CC1)c1cn(CC[C@@H]2CCCCN2C(=O)CCc2c[nH]c3ccccc23)nn1. The van der Waals surface area contributed by atoms with Gasteiger partial charge in [-0.15, -0.1) is 5.10 Å². The van der Waals surface area contributed by atoms with Crippen LogP contribution in [0.25, 0.3) is 10.9 Å². The van der Waals surface area contributed by atoms with Crippen LogP contribution in [0, 0.1) is 0 Å². The van der Waals surface area contributed by atoms with E-state index in [0.717, 1.165) is 57.0 Å². The first kappa shape index (κ1) is 20.7. The zero-order valence-corrected chi connectivity index (χ0v) is 18.3. The number of hydrogen-bond acceptors (Lipinski definition) is 4. The predicted molar refractivity (Wildman–Crippen MR) is 121 cm³/mol.